The van der Waals surface area contributed by atoms with Gasteiger partial charge in [-0.1, -0.05) is 13.8 Å². The molecular weight excluding hydrogens is 202 g/mol. The lowest BCUT2D eigenvalue weighted by Crippen LogP contribution is -2.27. The fraction of sp³-hybridized carbons (Fsp3) is 0.636. The Morgan fingerprint density at radius 2 is 1.88 bits per heavy atom. The molecule has 0 aromatic carbocycles. The van der Waals surface area contributed by atoms with Crippen molar-refractivity contribution >= 4 is 11.6 Å². The van der Waals surface area contributed by atoms with E-state index < -0.39 is 0 Å². The van der Waals surface area contributed by atoms with Crippen molar-refractivity contribution in [3.8, 4) is 0 Å². The quantitative estimate of drug-likeness (QED) is 0.567. The molecule has 0 radical (unpaired) electrons. The van der Waals surface area contributed by atoms with Crippen LogP contribution in [0.3, 0.4) is 0 Å². The highest BCUT2D eigenvalue weighted by Gasteiger charge is 2.12. The predicted octanol–water partition coefficient (Wildman–Crippen LogP) is 1.70. The lowest BCUT2D eigenvalue weighted by Gasteiger charge is -2.24. The molecule has 0 aliphatic rings. The van der Waals surface area contributed by atoms with Gasteiger partial charge in [0, 0.05) is 18.7 Å². The number of nitrogen functional groups attached to an aromatic ring is 1. The second kappa shape index (κ2) is 6.27. The molecule has 1 rings (SSSR count). The summed E-state index contributed by atoms with van der Waals surface area (Å²) >= 11 is 0. The van der Waals surface area contributed by atoms with Crippen molar-refractivity contribution in [2.75, 3.05) is 23.4 Å². The first kappa shape index (κ1) is 12.7. The largest absolute Gasteiger partial charge is 0.356 e. The molecule has 5 heteroatoms. The van der Waals surface area contributed by atoms with Crippen LogP contribution in [0.15, 0.2) is 6.33 Å². The molecule has 1 aromatic heterocycles. The Bertz CT molecular complexity index is 320. The molecule has 0 unspecified atom stereocenters. The van der Waals surface area contributed by atoms with E-state index in [1.165, 1.54) is 0 Å². The first-order chi connectivity index (χ1) is 7.74. The Morgan fingerprint density at radius 1 is 1.25 bits per heavy atom. The summed E-state index contributed by atoms with van der Waals surface area (Å²) in [5.74, 6) is 7.08. The summed E-state index contributed by atoms with van der Waals surface area (Å²) in [7, 11) is 0. The first-order valence-electron chi connectivity index (χ1n) is 5.77. The van der Waals surface area contributed by atoms with Gasteiger partial charge in [0.1, 0.15) is 18.0 Å². The zero-order chi connectivity index (χ0) is 12.0. The van der Waals surface area contributed by atoms with E-state index in [-0.39, 0.29) is 0 Å². The van der Waals surface area contributed by atoms with Crippen LogP contribution in [0.5, 0.6) is 0 Å². The minimum Gasteiger partial charge on any atom is -0.356 e. The SMILES string of the molecule is CCCN(CCC)c1ncnc(NN)c1C. The summed E-state index contributed by atoms with van der Waals surface area (Å²) in [4.78, 5) is 10.7. The average Bonchev–Trinajstić information content (AvgIpc) is 2.29. The summed E-state index contributed by atoms with van der Waals surface area (Å²) in [6.45, 7) is 8.34. The molecule has 5 nitrogen and oxygen atoms in total. The summed E-state index contributed by atoms with van der Waals surface area (Å²) in [6, 6.07) is 0. The van der Waals surface area contributed by atoms with E-state index in [0.29, 0.717) is 5.82 Å². The molecule has 0 saturated carbocycles. The second-order valence-corrected chi connectivity index (χ2v) is 3.80. The molecule has 16 heavy (non-hydrogen) atoms. The van der Waals surface area contributed by atoms with Crippen LogP contribution < -0.4 is 16.2 Å². The van der Waals surface area contributed by atoms with Crippen LogP contribution in [0.25, 0.3) is 0 Å². The van der Waals surface area contributed by atoms with Gasteiger partial charge in [0.2, 0.25) is 0 Å². The average molecular weight is 223 g/mol. The number of hydrazine groups is 1. The van der Waals surface area contributed by atoms with Gasteiger partial charge in [-0.2, -0.15) is 0 Å². The molecular formula is C11H21N5. The van der Waals surface area contributed by atoms with Gasteiger partial charge in [-0.25, -0.2) is 15.8 Å². The van der Waals surface area contributed by atoms with E-state index >= 15 is 0 Å². The molecule has 0 amide bonds. The zero-order valence-electron chi connectivity index (χ0n) is 10.3. The normalized spacial score (nSPS) is 10.2. The van der Waals surface area contributed by atoms with Crippen molar-refractivity contribution in [1.82, 2.24) is 9.97 Å². The lowest BCUT2D eigenvalue weighted by atomic mass is 10.2. The summed E-state index contributed by atoms with van der Waals surface area (Å²) in [5.41, 5.74) is 3.60. The minimum absolute atomic E-state index is 0.696. The van der Waals surface area contributed by atoms with E-state index in [1.54, 1.807) is 6.33 Å². The lowest BCUT2D eigenvalue weighted by molar-refractivity contribution is 0.729. The molecule has 0 aliphatic heterocycles. The predicted molar refractivity (Wildman–Crippen MR) is 67.4 cm³/mol. The minimum atomic E-state index is 0.696. The third kappa shape index (κ3) is 2.82. The molecule has 3 N–H and O–H groups in total. The van der Waals surface area contributed by atoms with Crippen LogP contribution in [-0.2, 0) is 0 Å². The molecule has 0 fully saturated rings. The van der Waals surface area contributed by atoms with Gasteiger partial charge in [0.15, 0.2) is 0 Å². The highest BCUT2D eigenvalue weighted by Crippen LogP contribution is 2.21. The van der Waals surface area contributed by atoms with E-state index in [1.807, 2.05) is 6.92 Å². The summed E-state index contributed by atoms with van der Waals surface area (Å²) in [6.07, 6.45) is 3.76. The number of hydrogen-bond acceptors (Lipinski definition) is 5. The molecule has 0 bridgehead atoms. The number of nitrogens with two attached hydrogens (primary N) is 1. The fourth-order valence-electron chi connectivity index (χ4n) is 1.77. The van der Waals surface area contributed by atoms with Gasteiger partial charge in [-0.05, 0) is 19.8 Å². The maximum Gasteiger partial charge on any atom is 0.148 e. The van der Waals surface area contributed by atoms with E-state index in [2.05, 4.69) is 34.1 Å². The van der Waals surface area contributed by atoms with Gasteiger partial charge in [-0.3, -0.25) is 0 Å². The van der Waals surface area contributed by atoms with Crippen LogP contribution in [0, 0.1) is 6.92 Å². The maximum absolute atomic E-state index is 5.41. The van der Waals surface area contributed by atoms with E-state index in [9.17, 15) is 0 Å². The van der Waals surface area contributed by atoms with E-state index in [0.717, 1.165) is 37.3 Å². The second-order valence-electron chi connectivity index (χ2n) is 3.80. The third-order valence-corrected chi connectivity index (χ3v) is 2.48. The first-order valence-corrected chi connectivity index (χ1v) is 5.77. The van der Waals surface area contributed by atoms with Crippen LogP contribution in [-0.4, -0.2) is 23.1 Å². The van der Waals surface area contributed by atoms with Crippen molar-refractivity contribution < 1.29 is 0 Å². The van der Waals surface area contributed by atoms with Gasteiger partial charge in [0.05, 0.1) is 0 Å². The molecule has 0 aliphatic carbocycles. The molecule has 90 valence electrons. The Kier molecular flexibility index (Phi) is 4.98. The fourth-order valence-corrected chi connectivity index (χ4v) is 1.77. The molecule has 0 spiro atoms. The number of hydrogen-bond donors (Lipinski definition) is 2. The van der Waals surface area contributed by atoms with Gasteiger partial charge in [0.25, 0.3) is 0 Å². The number of rotatable bonds is 6. The number of nitrogens with zero attached hydrogens (tertiary/aromatic N) is 3. The van der Waals surface area contributed by atoms with Gasteiger partial charge < -0.3 is 10.3 Å². The van der Waals surface area contributed by atoms with Crippen molar-refractivity contribution in [3.63, 3.8) is 0 Å². The van der Waals surface area contributed by atoms with Crippen molar-refractivity contribution in [2.24, 2.45) is 5.84 Å². The highest BCUT2D eigenvalue weighted by atomic mass is 15.3. The van der Waals surface area contributed by atoms with Crippen LogP contribution >= 0.6 is 0 Å². The topological polar surface area (TPSA) is 67.1 Å². The standard InChI is InChI=1S/C11H21N5/c1-4-6-16(7-5-2)11-9(3)10(15-12)13-8-14-11/h8H,4-7,12H2,1-3H3,(H,13,14,15). The molecule has 1 aromatic rings. The van der Waals surface area contributed by atoms with Crippen LogP contribution in [0.4, 0.5) is 11.6 Å². The highest BCUT2D eigenvalue weighted by molar-refractivity contribution is 5.57. The molecule has 1 heterocycles. The summed E-state index contributed by atoms with van der Waals surface area (Å²) < 4.78 is 0. The van der Waals surface area contributed by atoms with E-state index in [4.69, 9.17) is 5.84 Å². The monoisotopic (exact) mass is 223 g/mol. The summed E-state index contributed by atoms with van der Waals surface area (Å²) in [5, 5.41) is 0. The zero-order valence-corrected chi connectivity index (χ0v) is 10.3. The number of aromatic nitrogens is 2. The maximum atomic E-state index is 5.41. The third-order valence-electron chi connectivity index (χ3n) is 2.48. The van der Waals surface area contributed by atoms with Gasteiger partial charge >= 0.3 is 0 Å². The number of anilines is 2. The van der Waals surface area contributed by atoms with Crippen molar-refractivity contribution in [3.05, 3.63) is 11.9 Å². The van der Waals surface area contributed by atoms with Crippen molar-refractivity contribution in [1.29, 1.82) is 0 Å². The smallest absolute Gasteiger partial charge is 0.148 e. The van der Waals surface area contributed by atoms with Crippen LogP contribution in [0.1, 0.15) is 32.3 Å². The number of nitrogens with one attached hydrogen (secondary N) is 1. The van der Waals surface area contributed by atoms with Crippen LogP contribution in [0.2, 0.25) is 0 Å². The Hall–Kier alpha value is -1.36. The molecule has 0 atom stereocenters. The van der Waals surface area contributed by atoms with Gasteiger partial charge in [-0.15, -0.1) is 0 Å². The Labute approximate surface area is 97.0 Å². The molecule has 0 saturated heterocycles. The Balaban J connectivity index is 2.98. The Morgan fingerprint density at radius 3 is 2.38 bits per heavy atom. The van der Waals surface area contributed by atoms with Crippen molar-refractivity contribution in [2.45, 2.75) is 33.6 Å².